The van der Waals surface area contributed by atoms with Gasteiger partial charge in [0.1, 0.15) is 0 Å². The Bertz CT molecular complexity index is 163. The third-order valence-corrected chi connectivity index (χ3v) is 3.05. The van der Waals surface area contributed by atoms with Crippen LogP contribution >= 0.6 is 0 Å². The minimum absolute atomic E-state index is 0.716. The van der Waals surface area contributed by atoms with Crippen molar-refractivity contribution < 1.29 is 0 Å². The number of nitrogens with zero attached hydrogens (tertiary/aromatic N) is 2. The zero-order valence-electron chi connectivity index (χ0n) is 8.63. The third kappa shape index (κ3) is 3.78. The maximum atomic E-state index is 8.41. The van der Waals surface area contributed by atoms with Crippen molar-refractivity contribution in [1.82, 2.24) is 4.90 Å². The van der Waals surface area contributed by atoms with Gasteiger partial charge in [0.25, 0.3) is 0 Å². The molecular weight excluding hydrogens is 160 g/mol. The molecule has 1 saturated heterocycles. The molecule has 0 aliphatic carbocycles. The Balaban J connectivity index is 2.07. The normalized spacial score (nSPS) is 20.0. The third-order valence-electron chi connectivity index (χ3n) is 3.05. The van der Waals surface area contributed by atoms with Crippen molar-refractivity contribution in [2.24, 2.45) is 5.92 Å². The molecule has 0 amide bonds. The van der Waals surface area contributed by atoms with E-state index in [-0.39, 0.29) is 0 Å². The summed E-state index contributed by atoms with van der Waals surface area (Å²) in [6.07, 6.45) is 5.83. The number of rotatable bonds is 4. The summed E-state index contributed by atoms with van der Waals surface area (Å²) in [5, 5.41) is 8.41. The number of hydrogen-bond acceptors (Lipinski definition) is 2. The van der Waals surface area contributed by atoms with E-state index in [2.05, 4.69) is 17.9 Å². The van der Waals surface area contributed by atoms with Crippen LogP contribution in [-0.4, -0.2) is 24.5 Å². The average molecular weight is 180 g/mol. The van der Waals surface area contributed by atoms with Crippen molar-refractivity contribution >= 4 is 0 Å². The molecular formula is C11H20N2. The van der Waals surface area contributed by atoms with Crippen LogP contribution in [0.25, 0.3) is 0 Å². The molecule has 0 N–H and O–H groups in total. The predicted molar refractivity (Wildman–Crippen MR) is 54.3 cm³/mol. The zero-order valence-corrected chi connectivity index (χ0v) is 8.63. The van der Waals surface area contributed by atoms with Gasteiger partial charge in [-0.3, -0.25) is 0 Å². The van der Waals surface area contributed by atoms with Crippen LogP contribution in [0.2, 0.25) is 0 Å². The monoisotopic (exact) mass is 180 g/mol. The molecule has 0 aromatic heterocycles. The van der Waals surface area contributed by atoms with Crippen LogP contribution in [0, 0.1) is 17.2 Å². The quantitative estimate of drug-likeness (QED) is 0.621. The van der Waals surface area contributed by atoms with Crippen molar-refractivity contribution in [3.8, 4) is 6.07 Å². The van der Waals surface area contributed by atoms with Gasteiger partial charge < -0.3 is 4.90 Å². The topological polar surface area (TPSA) is 27.0 Å². The van der Waals surface area contributed by atoms with Gasteiger partial charge in [0.05, 0.1) is 6.07 Å². The summed E-state index contributed by atoms with van der Waals surface area (Å²) < 4.78 is 0. The zero-order chi connectivity index (χ0) is 9.52. The highest BCUT2D eigenvalue weighted by Gasteiger charge is 2.16. The largest absolute Gasteiger partial charge is 0.303 e. The summed E-state index contributed by atoms with van der Waals surface area (Å²) in [5.74, 6) is 0.965. The average Bonchev–Trinajstić information content (AvgIpc) is 2.19. The number of nitriles is 1. The van der Waals surface area contributed by atoms with Crippen LogP contribution < -0.4 is 0 Å². The van der Waals surface area contributed by atoms with Crippen LogP contribution in [0.3, 0.4) is 0 Å². The van der Waals surface area contributed by atoms with Crippen LogP contribution in [0.5, 0.6) is 0 Å². The van der Waals surface area contributed by atoms with Crippen molar-refractivity contribution in [3.05, 3.63) is 0 Å². The summed E-state index contributed by atoms with van der Waals surface area (Å²) >= 11 is 0. The van der Waals surface area contributed by atoms with E-state index in [9.17, 15) is 0 Å². The van der Waals surface area contributed by atoms with Crippen LogP contribution in [-0.2, 0) is 0 Å². The van der Waals surface area contributed by atoms with Crippen molar-refractivity contribution in [2.75, 3.05) is 19.6 Å². The summed E-state index contributed by atoms with van der Waals surface area (Å²) in [6, 6.07) is 2.20. The highest BCUT2D eigenvalue weighted by Crippen LogP contribution is 2.19. The molecule has 0 aromatic rings. The standard InChI is InChI=1S/C11H20N2/c1-2-11-5-9-13(10-6-11)8-4-3-7-12/h11H,2-6,8-10H2,1H3. The molecule has 0 aromatic carbocycles. The Morgan fingerprint density at radius 3 is 2.62 bits per heavy atom. The van der Waals surface area contributed by atoms with Gasteiger partial charge >= 0.3 is 0 Å². The van der Waals surface area contributed by atoms with E-state index in [1.54, 1.807) is 0 Å². The molecule has 0 unspecified atom stereocenters. The van der Waals surface area contributed by atoms with Gasteiger partial charge in [-0.2, -0.15) is 5.26 Å². The fourth-order valence-corrected chi connectivity index (χ4v) is 2.00. The first kappa shape index (κ1) is 10.5. The number of unbranched alkanes of at least 4 members (excludes halogenated alkanes) is 1. The second-order valence-corrected chi connectivity index (χ2v) is 3.95. The summed E-state index contributed by atoms with van der Waals surface area (Å²) in [7, 11) is 0. The molecule has 1 aliphatic rings. The van der Waals surface area contributed by atoms with Crippen molar-refractivity contribution in [3.63, 3.8) is 0 Å². The second-order valence-electron chi connectivity index (χ2n) is 3.95. The van der Waals surface area contributed by atoms with Crippen molar-refractivity contribution in [2.45, 2.75) is 39.0 Å². The molecule has 1 aliphatic heterocycles. The lowest BCUT2D eigenvalue weighted by atomic mass is 9.94. The summed E-state index contributed by atoms with van der Waals surface area (Å²) in [4.78, 5) is 2.50. The molecule has 13 heavy (non-hydrogen) atoms. The fourth-order valence-electron chi connectivity index (χ4n) is 2.00. The Labute approximate surface area is 81.5 Å². The molecule has 0 bridgehead atoms. The maximum Gasteiger partial charge on any atom is 0.0622 e. The minimum Gasteiger partial charge on any atom is -0.303 e. The summed E-state index contributed by atoms with van der Waals surface area (Å²) in [5.41, 5.74) is 0. The van der Waals surface area contributed by atoms with Crippen LogP contribution in [0.4, 0.5) is 0 Å². The lowest BCUT2D eigenvalue weighted by molar-refractivity contribution is 0.181. The smallest absolute Gasteiger partial charge is 0.0622 e. The molecule has 0 spiro atoms. The molecule has 1 fully saturated rings. The van der Waals surface area contributed by atoms with Gasteiger partial charge in [0.15, 0.2) is 0 Å². The Morgan fingerprint density at radius 1 is 1.38 bits per heavy atom. The Morgan fingerprint density at radius 2 is 2.08 bits per heavy atom. The predicted octanol–water partition coefficient (Wildman–Crippen LogP) is 2.41. The maximum absolute atomic E-state index is 8.41. The number of likely N-dealkylation sites (tertiary alicyclic amines) is 1. The highest BCUT2D eigenvalue weighted by molar-refractivity contribution is 4.74. The first-order valence-electron chi connectivity index (χ1n) is 5.46. The molecule has 74 valence electrons. The molecule has 0 radical (unpaired) electrons. The first-order valence-corrected chi connectivity index (χ1v) is 5.46. The number of hydrogen-bond donors (Lipinski definition) is 0. The van der Waals surface area contributed by atoms with Gasteiger partial charge in [-0.25, -0.2) is 0 Å². The van der Waals surface area contributed by atoms with Crippen LogP contribution in [0.15, 0.2) is 0 Å². The van der Waals surface area contributed by atoms with E-state index < -0.39 is 0 Å². The van der Waals surface area contributed by atoms with Crippen LogP contribution in [0.1, 0.15) is 39.0 Å². The molecule has 0 atom stereocenters. The highest BCUT2D eigenvalue weighted by atomic mass is 15.1. The van der Waals surface area contributed by atoms with E-state index in [4.69, 9.17) is 5.26 Å². The second kappa shape index (κ2) is 5.99. The van der Waals surface area contributed by atoms with E-state index in [0.29, 0.717) is 6.42 Å². The lowest BCUT2D eigenvalue weighted by Gasteiger charge is -2.31. The van der Waals surface area contributed by atoms with E-state index in [1.807, 2.05) is 0 Å². The summed E-state index contributed by atoms with van der Waals surface area (Å²) in [6.45, 7) is 5.92. The minimum atomic E-state index is 0.716. The number of piperidine rings is 1. The van der Waals surface area contributed by atoms with Gasteiger partial charge in [-0.05, 0) is 44.8 Å². The fraction of sp³-hybridized carbons (Fsp3) is 0.909. The van der Waals surface area contributed by atoms with Gasteiger partial charge in [0, 0.05) is 6.42 Å². The van der Waals surface area contributed by atoms with Gasteiger partial charge in [0.2, 0.25) is 0 Å². The van der Waals surface area contributed by atoms with E-state index in [1.165, 1.54) is 32.4 Å². The Hall–Kier alpha value is -0.550. The van der Waals surface area contributed by atoms with Gasteiger partial charge in [-0.1, -0.05) is 13.3 Å². The van der Waals surface area contributed by atoms with E-state index >= 15 is 0 Å². The van der Waals surface area contributed by atoms with Gasteiger partial charge in [-0.15, -0.1) is 0 Å². The molecule has 1 heterocycles. The SMILES string of the molecule is CCC1CCN(CCCC#N)CC1. The molecule has 1 rings (SSSR count). The first-order chi connectivity index (χ1) is 6.36. The molecule has 2 nitrogen and oxygen atoms in total. The van der Waals surface area contributed by atoms with E-state index in [0.717, 1.165) is 18.9 Å². The molecule has 2 heteroatoms. The molecule has 0 saturated carbocycles. The van der Waals surface area contributed by atoms with Crippen molar-refractivity contribution in [1.29, 1.82) is 5.26 Å². The Kier molecular flexibility index (Phi) is 4.85. The lowest BCUT2D eigenvalue weighted by Crippen LogP contribution is -2.34.